The average Bonchev–Trinajstić information content (AvgIpc) is 3.01. The molecule has 0 saturated carbocycles. The van der Waals surface area contributed by atoms with Gasteiger partial charge in [-0.25, -0.2) is 16.8 Å². The van der Waals surface area contributed by atoms with E-state index in [1.165, 1.54) is 12.3 Å². The summed E-state index contributed by atoms with van der Waals surface area (Å²) in [4.78, 5) is 1.99. The molecule has 0 amide bonds. The highest BCUT2D eigenvalue weighted by Gasteiger charge is 2.21. The lowest BCUT2D eigenvalue weighted by Gasteiger charge is -2.12. The average molecular weight is 390 g/mol. The van der Waals surface area contributed by atoms with E-state index in [-0.39, 0.29) is 5.52 Å². The third-order valence-electron chi connectivity index (χ3n) is 4.33. The van der Waals surface area contributed by atoms with Gasteiger partial charge in [-0.3, -0.25) is 0 Å². The van der Waals surface area contributed by atoms with Crippen LogP contribution in [0.5, 0.6) is 5.75 Å². The van der Waals surface area contributed by atoms with Crippen molar-refractivity contribution in [2.75, 3.05) is 26.9 Å². The normalized spacial score (nSPS) is 12.0. The summed E-state index contributed by atoms with van der Waals surface area (Å²) < 4.78 is 45.9. The minimum Gasteiger partial charge on any atom is -0.488 e. The van der Waals surface area contributed by atoms with Crippen LogP contribution in [0.2, 0.25) is 0 Å². The lowest BCUT2D eigenvalue weighted by atomic mass is 10.1. The monoisotopic (exact) mass is 390 g/mol. The molecule has 2 aromatic carbocycles. The van der Waals surface area contributed by atoms with Crippen LogP contribution in [0.3, 0.4) is 0 Å². The molecule has 0 aliphatic carbocycles. The summed E-state index contributed by atoms with van der Waals surface area (Å²) in [6.07, 6.45) is 3.15. The van der Waals surface area contributed by atoms with Crippen molar-refractivity contribution in [3.8, 4) is 5.75 Å². The Labute approximate surface area is 159 Å². The van der Waals surface area contributed by atoms with Crippen LogP contribution >= 0.6 is 0 Å². The lowest BCUT2D eigenvalue weighted by Crippen LogP contribution is -2.15. The maximum absolute atomic E-state index is 14.6. The molecule has 0 unspecified atom stereocenters. The first kappa shape index (κ1) is 19.4. The van der Waals surface area contributed by atoms with Gasteiger partial charge in [0.1, 0.15) is 23.7 Å². The molecule has 0 bridgehead atoms. The molecule has 0 aliphatic heterocycles. The van der Waals surface area contributed by atoms with Crippen molar-refractivity contribution in [2.45, 2.75) is 13.0 Å². The molecule has 144 valence electrons. The van der Waals surface area contributed by atoms with Crippen molar-refractivity contribution >= 4 is 20.9 Å². The van der Waals surface area contributed by atoms with Gasteiger partial charge < -0.3 is 9.64 Å². The van der Waals surface area contributed by atoms with E-state index in [2.05, 4.69) is 0 Å². The maximum Gasteiger partial charge on any atom is 0.236 e. The number of aromatic nitrogens is 1. The number of ether oxygens (including phenoxy) is 1. The molecule has 0 aliphatic rings. The van der Waals surface area contributed by atoms with E-state index in [9.17, 15) is 12.8 Å². The molecule has 0 saturated heterocycles. The van der Waals surface area contributed by atoms with Crippen molar-refractivity contribution in [1.82, 2.24) is 8.87 Å². The molecule has 0 spiro atoms. The Hall–Kier alpha value is -2.38. The number of hydrogen-bond acceptors (Lipinski definition) is 4. The Morgan fingerprint density at radius 2 is 1.81 bits per heavy atom. The predicted octanol–water partition coefficient (Wildman–Crippen LogP) is 3.27. The van der Waals surface area contributed by atoms with Crippen molar-refractivity contribution < 1.29 is 17.5 Å². The van der Waals surface area contributed by atoms with Gasteiger partial charge in [0.25, 0.3) is 0 Å². The topological polar surface area (TPSA) is 51.5 Å². The highest BCUT2D eigenvalue weighted by Crippen LogP contribution is 2.34. The van der Waals surface area contributed by atoms with Gasteiger partial charge in [0, 0.05) is 18.1 Å². The summed E-state index contributed by atoms with van der Waals surface area (Å²) in [6.45, 7) is 1.02. The van der Waals surface area contributed by atoms with Crippen LogP contribution in [0.25, 0.3) is 10.9 Å². The van der Waals surface area contributed by atoms with Gasteiger partial charge in [-0.05, 0) is 43.8 Å². The molecule has 0 radical (unpaired) electrons. The van der Waals surface area contributed by atoms with E-state index >= 15 is 0 Å². The zero-order valence-electron chi connectivity index (χ0n) is 15.6. The third kappa shape index (κ3) is 4.31. The summed E-state index contributed by atoms with van der Waals surface area (Å²) >= 11 is 0. The van der Waals surface area contributed by atoms with Crippen molar-refractivity contribution in [2.24, 2.45) is 0 Å². The molecule has 0 N–H and O–H groups in total. The number of nitrogens with zero attached hydrogens (tertiary/aromatic N) is 2. The standard InChI is InChI=1S/C20H23FN2O3S/c1-22(2)12-11-16-13-23(27(3,24)25)20-17(21)9-10-18(19(16)20)26-14-15-7-5-4-6-8-15/h4-10,13H,11-12,14H2,1-3H3. The van der Waals surface area contributed by atoms with Crippen LogP contribution in [-0.4, -0.2) is 44.2 Å². The molecule has 3 aromatic rings. The summed E-state index contributed by atoms with van der Waals surface area (Å²) in [5.41, 5.74) is 1.76. The Morgan fingerprint density at radius 3 is 2.44 bits per heavy atom. The SMILES string of the molecule is CN(C)CCc1cn(S(C)(=O)=O)c2c(F)ccc(OCc3ccccc3)c12. The second kappa shape index (κ2) is 7.70. The molecule has 5 nitrogen and oxygen atoms in total. The van der Waals surface area contributed by atoms with Gasteiger partial charge in [-0.1, -0.05) is 30.3 Å². The molecule has 27 heavy (non-hydrogen) atoms. The van der Waals surface area contributed by atoms with E-state index < -0.39 is 15.8 Å². The fourth-order valence-corrected chi connectivity index (χ4v) is 3.82. The molecule has 3 rings (SSSR count). The molecule has 1 heterocycles. The van der Waals surface area contributed by atoms with Crippen LogP contribution in [0.4, 0.5) is 4.39 Å². The van der Waals surface area contributed by atoms with Crippen molar-refractivity contribution in [3.63, 3.8) is 0 Å². The summed E-state index contributed by atoms with van der Waals surface area (Å²) in [7, 11) is 0.221. The molecule has 0 fully saturated rings. The second-order valence-corrected chi connectivity index (χ2v) is 8.67. The Bertz CT molecular complexity index is 1040. The summed E-state index contributed by atoms with van der Waals surface area (Å²) in [5.74, 6) is -0.106. The van der Waals surface area contributed by atoms with Crippen LogP contribution < -0.4 is 4.74 Å². The van der Waals surface area contributed by atoms with Gasteiger partial charge in [0.2, 0.25) is 10.0 Å². The van der Waals surface area contributed by atoms with Crippen LogP contribution in [0, 0.1) is 5.82 Å². The minimum atomic E-state index is -3.65. The van der Waals surface area contributed by atoms with E-state index in [4.69, 9.17) is 4.74 Å². The largest absolute Gasteiger partial charge is 0.488 e. The fraction of sp³-hybridized carbons (Fsp3) is 0.300. The van der Waals surface area contributed by atoms with E-state index in [1.807, 2.05) is 49.3 Å². The Kier molecular flexibility index (Phi) is 5.53. The molecule has 0 atom stereocenters. The van der Waals surface area contributed by atoms with Gasteiger partial charge in [-0.15, -0.1) is 0 Å². The lowest BCUT2D eigenvalue weighted by molar-refractivity contribution is 0.309. The molecular weight excluding hydrogens is 367 g/mol. The zero-order valence-corrected chi connectivity index (χ0v) is 16.5. The predicted molar refractivity (Wildman–Crippen MR) is 105 cm³/mol. The number of benzene rings is 2. The highest BCUT2D eigenvalue weighted by atomic mass is 32.2. The first-order chi connectivity index (χ1) is 12.8. The quantitative estimate of drug-likeness (QED) is 0.621. The van der Waals surface area contributed by atoms with E-state index in [0.717, 1.165) is 21.4 Å². The third-order valence-corrected chi connectivity index (χ3v) is 5.33. The maximum atomic E-state index is 14.6. The first-order valence-electron chi connectivity index (χ1n) is 8.62. The smallest absolute Gasteiger partial charge is 0.236 e. The molecule has 7 heteroatoms. The van der Waals surface area contributed by atoms with Crippen LogP contribution in [-0.2, 0) is 23.1 Å². The summed E-state index contributed by atoms with van der Waals surface area (Å²) in [6, 6.07) is 12.4. The van der Waals surface area contributed by atoms with E-state index in [0.29, 0.717) is 30.7 Å². The number of likely N-dealkylation sites (N-methyl/N-ethyl adjacent to an activating group) is 1. The van der Waals surface area contributed by atoms with Gasteiger partial charge in [0.05, 0.1) is 6.26 Å². The summed E-state index contributed by atoms with van der Waals surface area (Å²) in [5, 5.41) is 0.512. The van der Waals surface area contributed by atoms with Crippen molar-refractivity contribution in [3.05, 3.63) is 65.6 Å². The number of hydrogen-bond donors (Lipinski definition) is 0. The molecular formula is C20H23FN2O3S. The zero-order chi connectivity index (χ0) is 19.6. The van der Waals surface area contributed by atoms with Crippen LogP contribution in [0.15, 0.2) is 48.7 Å². The van der Waals surface area contributed by atoms with E-state index in [1.54, 1.807) is 6.07 Å². The molecule has 1 aromatic heterocycles. The number of rotatable bonds is 7. The van der Waals surface area contributed by atoms with Gasteiger partial charge in [-0.2, -0.15) is 0 Å². The Balaban J connectivity index is 2.10. The number of halogens is 1. The van der Waals surface area contributed by atoms with Crippen LogP contribution in [0.1, 0.15) is 11.1 Å². The van der Waals surface area contributed by atoms with Gasteiger partial charge >= 0.3 is 0 Å². The Morgan fingerprint density at radius 1 is 1.11 bits per heavy atom. The minimum absolute atomic E-state index is 0.0387. The van der Waals surface area contributed by atoms with Crippen molar-refractivity contribution in [1.29, 1.82) is 0 Å². The number of fused-ring (bicyclic) bond motifs is 1. The fourth-order valence-electron chi connectivity index (χ4n) is 2.99. The van der Waals surface area contributed by atoms with Gasteiger partial charge in [0.15, 0.2) is 0 Å². The highest BCUT2D eigenvalue weighted by molar-refractivity contribution is 7.89. The first-order valence-corrected chi connectivity index (χ1v) is 10.5. The second-order valence-electron chi connectivity index (χ2n) is 6.81.